The van der Waals surface area contributed by atoms with Gasteiger partial charge in [0, 0.05) is 10.9 Å². The van der Waals surface area contributed by atoms with Crippen molar-refractivity contribution in [2.75, 3.05) is 0 Å². The molecular weight excluding hydrogens is 119 g/mol. The van der Waals surface area contributed by atoms with Gasteiger partial charge in [-0.1, -0.05) is 17.7 Å². The lowest BCUT2D eigenvalue weighted by atomic mass is 10.5. The van der Waals surface area contributed by atoms with Crippen molar-refractivity contribution in [2.24, 2.45) is 0 Å². The Morgan fingerprint density at radius 1 is 1.67 bits per heavy atom. The third-order valence-corrected chi connectivity index (χ3v) is 0.629. The van der Waals surface area contributed by atoms with Crippen LogP contribution in [-0.2, 0) is 0 Å². The second-order valence-corrected chi connectivity index (χ2v) is 1.94. The van der Waals surface area contributed by atoms with Crippen LogP contribution in [0, 0.1) is 0 Å². The van der Waals surface area contributed by atoms with Crippen LogP contribution in [0.15, 0.2) is 11.6 Å². The van der Waals surface area contributed by atoms with Crippen LogP contribution < -0.4 is 0 Å². The normalized spacial score (nSPS) is 15.8. The quantitative estimate of drug-likeness (QED) is 0.472. The molecule has 0 heterocycles. The zero-order valence-corrected chi connectivity index (χ0v) is 5.00. The molecule has 0 rings (SSSR count). The maximum atomic E-state index is 5.41. The molecule has 0 aliphatic heterocycles. The molecule has 0 saturated carbocycles. The van der Waals surface area contributed by atoms with Crippen LogP contribution in [0.25, 0.3) is 0 Å². The molecule has 1 unspecified atom stereocenters. The molecule has 1 atom stereocenters. The van der Waals surface area contributed by atoms with E-state index in [1.165, 1.54) is 5.54 Å². The first kappa shape index (κ1) is 6.32. The molecule has 36 valence electrons. The Hall–Kier alpha value is 0.320. The zero-order chi connectivity index (χ0) is 4.99. The van der Waals surface area contributed by atoms with E-state index in [9.17, 15) is 0 Å². The van der Waals surface area contributed by atoms with Crippen molar-refractivity contribution < 1.29 is 0 Å². The lowest BCUT2D eigenvalue weighted by Gasteiger charge is -1.83. The molecule has 0 nitrogen and oxygen atoms in total. The summed E-state index contributed by atoms with van der Waals surface area (Å²) in [6.07, 6.45) is 1.70. The number of hydrogen-bond donors (Lipinski definition) is 0. The summed E-state index contributed by atoms with van der Waals surface area (Å²) in [5.41, 5.74) is 1.41. The molecule has 6 heavy (non-hydrogen) atoms. The van der Waals surface area contributed by atoms with Crippen molar-refractivity contribution in [3.63, 3.8) is 0 Å². The van der Waals surface area contributed by atoms with E-state index in [0.29, 0.717) is 0 Å². The highest BCUT2D eigenvalue weighted by Gasteiger charge is 1.80. The largest absolute Gasteiger partial charge is 0.119 e. The van der Waals surface area contributed by atoms with Crippen LogP contribution >= 0.6 is 23.2 Å². The van der Waals surface area contributed by atoms with Crippen molar-refractivity contribution in [3.05, 3.63) is 11.6 Å². The summed E-state index contributed by atoms with van der Waals surface area (Å²) in [5.74, 6) is 0. The van der Waals surface area contributed by atoms with Gasteiger partial charge in [0.25, 0.3) is 0 Å². The minimum Gasteiger partial charge on any atom is -0.119 e. The molecule has 0 aliphatic rings. The summed E-state index contributed by atoms with van der Waals surface area (Å²) in [7, 11) is 0. The molecule has 0 radical (unpaired) electrons. The average molecular weight is 125 g/mol. The fourth-order valence-electron chi connectivity index (χ4n) is 0.100. The van der Waals surface area contributed by atoms with Gasteiger partial charge >= 0.3 is 0 Å². The van der Waals surface area contributed by atoms with Gasteiger partial charge in [-0.2, -0.15) is 0 Å². The van der Waals surface area contributed by atoms with Gasteiger partial charge in [-0.05, 0) is 6.92 Å². The van der Waals surface area contributed by atoms with Crippen molar-refractivity contribution in [3.8, 4) is 0 Å². The third kappa shape index (κ3) is 4.32. The van der Waals surface area contributed by atoms with Gasteiger partial charge in [-0.3, -0.25) is 0 Å². The Morgan fingerprint density at radius 3 is 2.17 bits per heavy atom. The molecule has 0 aliphatic carbocycles. The molecule has 0 aromatic rings. The predicted molar refractivity (Wildman–Crippen MR) is 30.3 cm³/mol. The second-order valence-electron chi connectivity index (χ2n) is 0.996. The average Bonchev–Trinajstić information content (AvgIpc) is 1.35. The van der Waals surface area contributed by atoms with Gasteiger partial charge in [-0.15, -0.1) is 11.6 Å². The smallest absolute Gasteiger partial charge is 0.0499 e. The number of hydrogen-bond acceptors (Lipinski definition) is 0. The molecule has 0 fully saturated rings. The first-order chi connectivity index (χ1) is 2.77. The Morgan fingerprint density at radius 2 is 2.17 bits per heavy atom. The van der Waals surface area contributed by atoms with Gasteiger partial charge in [-0.25, -0.2) is 0 Å². The van der Waals surface area contributed by atoms with E-state index >= 15 is 0 Å². The first-order valence-corrected chi connectivity index (χ1v) is 2.55. The molecule has 2 heteroatoms. The van der Waals surface area contributed by atoms with Crippen LogP contribution in [0.1, 0.15) is 6.92 Å². The van der Waals surface area contributed by atoms with Gasteiger partial charge in [0.1, 0.15) is 0 Å². The lowest BCUT2D eigenvalue weighted by Crippen LogP contribution is -1.76. The molecule has 0 spiro atoms. The summed E-state index contributed by atoms with van der Waals surface area (Å²) in [6, 6.07) is 0. The number of halogens is 2. The summed E-state index contributed by atoms with van der Waals surface area (Å²) in [6.45, 7) is 1.85. The fraction of sp³-hybridized carbons (Fsp3) is 0.500. The number of allylic oxidation sites excluding steroid dienone is 1. The van der Waals surface area contributed by atoms with E-state index in [4.69, 9.17) is 23.2 Å². The lowest BCUT2D eigenvalue weighted by molar-refractivity contribution is 1.24. The second kappa shape index (κ2) is 3.51. The highest BCUT2D eigenvalue weighted by Crippen LogP contribution is 1.94. The highest BCUT2D eigenvalue weighted by molar-refractivity contribution is 6.27. The van der Waals surface area contributed by atoms with E-state index in [1.807, 2.05) is 6.92 Å². The van der Waals surface area contributed by atoms with Crippen LogP contribution in [0.3, 0.4) is 0 Å². The first-order valence-electron chi connectivity index (χ1n) is 1.68. The minimum atomic E-state index is 0.0579. The third-order valence-electron chi connectivity index (χ3n) is 0.338. The summed E-state index contributed by atoms with van der Waals surface area (Å²) in [4.78, 5) is 0. The Bertz CT molecular complexity index is 47.5. The summed E-state index contributed by atoms with van der Waals surface area (Å²) >= 11 is 10.5. The van der Waals surface area contributed by atoms with E-state index < -0.39 is 0 Å². The summed E-state index contributed by atoms with van der Waals surface area (Å²) in [5, 5.41) is 0.0579. The fourth-order valence-corrected chi connectivity index (χ4v) is 0.466. The minimum absolute atomic E-state index is 0.0579. The molecule has 0 aromatic carbocycles. The maximum Gasteiger partial charge on any atom is 0.0499 e. The van der Waals surface area contributed by atoms with Crippen LogP contribution in [0.5, 0.6) is 0 Å². The topological polar surface area (TPSA) is 0 Å². The van der Waals surface area contributed by atoms with Gasteiger partial charge in [0.2, 0.25) is 0 Å². The van der Waals surface area contributed by atoms with Crippen molar-refractivity contribution in [2.45, 2.75) is 12.3 Å². The van der Waals surface area contributed by atoms with Crippen molar-refractivity contribution in [1.29, 1.82) is 0 Å². The Kier molecular flexibility index (Phi) is 3.70. The Balaban J connectivity index is 3.03. The van der Waals surface area contributed by atoms with Gasteiger partial charge in [0.05, 0.1) is 0 Å². The van der Waals surface area contributed by atoms with Crippen molar-refractivity contribution in [1.82, 2.24) is 0 Å². The monoisotopic (exact) mass is 124 g/mol. The SMILES string of the molecule is CC(Cl)/C=C/Cl. The van der Waals surface area contributed by atoms with Gasteiger partial charge in [0.15, 0.2) is 0 Å². The van der Waals surface area contributed by atoms with E-state index in [-0.39, 0.29) is 5.38 Å². The molecule has 0 aromatic heterocycles. The van der Waals surface area contributed by atoms with E-state index in [1.54, 1.807) is 6.08 Å². The van der Waals surface area contributed by atoms with E-state index in [0.717, 1.165) is 0 Å². The number of rotatable bonds is 1. The van der Waals surface area contributed by atoms with Crippen LogP contribution in [0.2, 0.25) is 0 Å². The van der Waals surface area contributed by atoms with Crippen LogP contribution in [0.4, 0.5) is 0 Å². The number of alkyl halides is 1. The predicted octanol–water partition coefficient (Wildman–Crippen LogP) is 2.37. The zero-order valence-electron chi connectivity index (χ0n) is 3.49. The molecule has 0 N–H and O–H groups in total. The van der Waals surface area contributed by atoms with Gasteiger partial charge < -0.3 is 0 Å². The Labute approximate surface area is 47.8 Å². The standard InChI is InChI=1S/C4H6Cl2/c1-4(6)2-3-5/h2-4H,1H3/b3-2+. The summed E-state index contributed by atoms with van der Waals surface area (Å²) < 4.78 is 0. The molecular formula is C4H6Cl2. The maximum absolute atomic E-state index is 5.41. The molecule has 0 saturated heterocycles. The molecule has 0 bridgehead atoms. The highest BCUT2D eigenvalue weighted by atomic mass is 35.5. The van der Waals surface area contributed by atoms with Crippen LogP contribution in [-0.4, -0.2) is 5.38 Å². The molecule has 0 amide bonds. The van der Waals surface area contributed by atoms with Crippen molar-refractivity contribution >= 4 is 23.2 Å². The van der Waals surface area contributed by atoms with E-state index in [2.05, 4.69) is 0 Å².